The van der Waals surface area contributed by atoms with Gasteiger partial charge in [0.25, 0.3) is 11.7 Å². The van der Waals surface area contributed by atoms with E-state index in [0.29, 0.717) is 11.4 Å². The highest BCUT2D eigenvalue weighted by molar-refractivity contribution is 6.47. The third-order valence-electron chi connectivity index (χ3n) is 8.15. The normalized spacial score (nSPS) is 15.3. The summed E-state index contributed by atoms with van der Waals surface area (Å²) < 4.78 is 2.05. The second-order valence-corrected chi connectivity index (χ2v) is 11.2. The van der Waals surface area contributed by atoms with Gasteiger partial charge in [0.15, 0.2) is 0 Å². The Morgan fingerprint density at radius 3 is 2.32 bits per heavy atom. The maximum absolute atomic E-state index is 13.6. The number of nitrogens with one attached hydrogen (secondary N) is 1. The van der Waals surface area contributed by atoms with Crippen molar-refractivity contribution >= 4 is 28.9 Å². The van der Waals surface area contributed by atoms with E-state index in [4.69, 9.17) is 4.98 Å². The second kappa shape index (κ2) is 11.6. The Kier molecular flexibility index (Phi) is 7.59. The summed E-state index contributed by atoms with van der Waals surface area (Å²) in [6.45, 7) is 8.63. The fourth-order valence-electron chi connectivity index (χ4n) is 6.16. The average molecular weight is 548 g/mol. The van der Waals surface area contributed by atoms with Gasteiger partial charge >= 0.3 is 0 Å². The first kappa shape index (κ1) is 26.8. The first-order valence-electron chi connectivity index (χ1n) is 14.6. The largest absolute Gasteiger partial charge is 0.370 e. The van der Waals surface area contributed by atoms with Crippen molar-refractivity contribution < 1.29 is 9.59 Å². The van der Waals surface area contributed by atoms with Crippen molar-refractivity contribution in [3.63, 3.8) is 0 Å². The van der Waals surface area contributed by atoms with Crippen LogP contribution in [0.5, 0.6) is 0 Å². The minimum atomic E-state index is -0.604. The van der Waals surface area contributed by atoms with Crippen molar-refractivity contribution in [2.45, 2.75) is 46.1 Å². The van der Waals surface area contributed by atoms with E-state index in [1.54, 1.807) is 0 Å². The van der Waals surface area contributed by atoms with Crippen LogP contribution in [0, 0.1) is 13.8 Å². The van der Waals surface area contributed by atoms with Crippen LogP contribution in [0.2, 0.25) is 0 Å². The average Bonchev–Trinajstić information content (AvgIpc) is 3.19. The standard InChI is InChI=1S/C34H37N5O2/c1-24-21-25(2)35-31(22-24)38-17-8-16-37(19-20-38)28-14-12-27(13-15-28)36-34(41)33(40)32-30(26-9-4-3-5-10-26)23-29-11-6-7-18-39(29)32/h3-5,9-10,12-15,21-23H,6-8,11,16-20H2,1-2H3,(H,36,41). The van der Waals surface area contributed by atoms with Crippen LogP contribution in [-0.4, -0.2) is 47.4 Å². The van der Waals surface area contributed by atoms with Crippen molar-refractivity contribution in [1.82, 2.24) is 9.55 Å². The molecule has 4 heterocycles. The Morgan fingerprint density at radius 2 is 1.54 bits per heavy atom. The predicted molar refractivity (Wildman–Crippen MR) is 165 cm³/mol. The van der Waals surface area contributed by atoms with Gasteiger partial charge in [0, 0.05) is 61.0 Å². The number of pyridine rings is 1. The van der Waals surface area contributed by atoms with Gasteiger partial charge in [-0.2, -0.15) is 0 Å². The Morgan fingerprint density at radius 1 is 0.780 bits per heavy atom. The van der Waals surface area contributed by atoms with E-state index in [9.17, 15) is 9.59 Å². The van der Waals surface area contributed by atoms with E-state index >= 15 is 0 Å². The highest BCUT2D eigenvalue weighted by Gasteiger charge is 2.28. The molecule has 1 N–H and O–H groups in total. The number of ketones is 1. The summed E-state index contributed by atoms with van der Waals surface area (Å²) in [5.74, 6) is -0.0480. The number of aromatic nitrogens is 2. The summed E-state index contributed by atoms with van der Waals surface area (Å²) in [4.78, 5) is 36.3. The van der Waals surface area contributed by atoms with Gasteiger partial charge in [0.1, 0.15) is 11.5 Å². The van der Waals surface area contributed by atoms with Crippen molar-refractivity contribution in [3.05, 3.63) is 95.4 Å². The Labute approximate surface area is 241 Å². The highest BCUT2D eigenvalue weighted by Crippen LogP contribution is 2.32. The molecule has 0 aliphatic carbocycles. The highest BCUT2D eigenvalue weighted by atomic mass is 16.2. The number of aryl methyl sites for hydroxylation is 3. The molecule has 2 aliphatic heterocycles. The summed E-state index contributed by atoms with van der Waals surface area (Å²) in [5, 5.41) is 2.86. The van der Waals surface area contributed by atoms with Gasteiger partial charge in [-0.1, -0.05) is 30.3 Å². The van der Waals surface area contributed by atoms with E-state index in [1.807, 2.05) is 66.1 Å². The van der Waals surface area contributed by atoms with Gasteiger partial charge in [-0.3, -0.25) is 9.59 Å². The van der Waals surface area contributed by atoms with E-state index < -0.39 is 11.7 Å². The first-order valence-corrected chi connectivity index (χ1v) is 14.6. The zero-order valence-corrected chi connectivity index (χ0v) is 23.9. The van der Waals surface area contributed by atoms with Crippen LogP contribution in [-0.2, 0) is 17.8 Å². The molecule has 7 nitrogen and oxygen atoms in total. The number of hydrogen-bond acceptors (Lipinski definition) is 5. The van der Waals surface area contributed by atoms with Gasteiger partial charge in [-0.25, -0.2) is 4.98 Å². The molecule has 2 aromatic carbocycles. The molecule has 41 heavy (non-hydrogen) atoms. The van der Waals surface area contributed by atoms with E-state index in [-0.39, 0.29) is 0 Å². The molecule has 1 saturated heterocycles. The number of carbonyl (C=O) groups excluding carboxylic acids is 2. The maximum atomic E-state index is 13.6. The number of carbonyl (C=O) groups is 2. The molecule has 1 amide bonds. The molecule has 6 rings (SSSR count). The van der Waals surface area contributed by atoms with Gasteiger partial charge in [-0.15, -0.1) is 0 Å². The molecule has 2 aliphatic rings. The van der Waals surface area contributed by atoms with Crippen LogP contribution in [0.4, 0.5) is 17.2 Å². The van der Waals surface area contributed by atoms with Gasteiger partial charge < -0.3 is 19.7 Å². The topological polar surface area (TPSA) is 70.5 Å². The first-order chi connectivity index (χ1) is 20.0. The van der Waals surface area contributed by atoms with Crippen LogP contribution in [0.3, 0.4) is 0 Å². The van der Waals surface area contributed by atoms with Crippen LogP contribution in [0.15, 0.2) is 72.8 Å². The molecule has 0 saturated carbocycles. The molecule has 7 heteroatoms. The molecular formula is C34H37N5O2. The zero-order valence-electron chi connectivity index (χ0n) is 23.9. The van der Waals surface area contributed by atoms with Crippen LogP contribution >= 0.6 is 0 Å². The number of anilines is 3. The predicted octanol–water partition coefficient (Wildman–Crippen LogP) is 6.04. The number of Topliss-reactive ketones (excluding diaryl/α,β-unsaturated/α-hetero) is 1. The van der Waals surface area contributed by atoms with Crippen molar-refractivity contribution in [2.75, 3.05) is 41.3 Å². The Hall–Kier alpha value is -4.39. The lowest BCUT2D eigenvalue weighted by molar-refractivity contribution is -0.112. The number of amides is 1. The van der Waals surface area contributed by atoms with E-state index in [1.165, 1.54) is 5.56 Å². The molecule has 2 aromatic heterocycles. The van der Waals surface area contributed by atoms with Crippen LogP contribution in [0.1, 0.15) is 46.7 Å². The number of hydrogen-bond donors (Lipinski definition) is 1. The molecular weight excluding hydrogens is 510 g/mol. The van der Waals surface area contributed by atoms with Gasteiger partial charge in [0.05, 0.1) is 0 Å². The smallest absolute Gasteiger partial charge is 0.298 e. The maximum Gasteiger partial charge on any atom is 0.298 e. The van der Waals surface area contributed by atoms with Crippen LogP contribution in [0.25, 0.3) is 11.1 Å². The van der Waals surface area contributed by atoms with Crippen LogP contribution < -0.4 is 15.1 Å². The molecule has 210 valence electrons. The number of benzene rings is 2. The fourth-order valence-corrected chi connectivity index (χ4v) is 6.16. The minimum Gasteiger partial charge on any atom is -0.370 e. The monoisotopic (exact) mass is 547 g/mol. The van der Waals surface area contributed by atoms with E-state index in [0.717, 1.165) is 92.4 Å². The molecule has 1 fully saturated rings. The summed E-state index contributed by atoms with van der Waals surface area (Å²) in [6, 6.07) is 24.1. The fraction of sp³-hybridized carbons (Fsp3) is 0.324. The Balaban J connectivity index is 1.14. The molecule has 0 atom stereocenters. The Bertz CT molecular complexity index is 1540. The molecule has 0 spiro atoms. The van der Waals surface area contributed by atoms with E-state index in [2.05, 4.69) is 40.2 Å². The summed E-state index contributed by atoms with van der Waals surface area (Å²) in [7, 11) is 0. The third-order valence-corrected chi connectivity index (χ3v) is 8.15. The molecule has 0 unspecified atom stereocenters. The number of nitrogens with zero attached hydrogens (tertiary/aromatic N) is 4. The third kappa shape index (κ3) is 5.75. The second-order valence-electron chi connectivity index (χ2n) is 11.2. The van der Waals surface area contributed by atoms with Gasteiger partial charge in [-0.05, 0) is 93.1 Å². The van der Waals surface area contributed by atoms with Crippen molar-refractivity contribution in [2.24, 2.45) is 0 Å². The number of rotatable bonds is 6. The molecule has 0 radical (unpaired) electrons. The van der Waals surface area contributed by atoms with Gasteiger partial charge in [0.2, 0.25) is 0 Å². The minimum absolute atomic E-state index is 0.492. The van der Waals surface area contributed by atoms with Crippen molar-refractivity contribution in [3.8, 4) is 11.1 Å². The molecule has 0 bridgehead atoms. The summed E-state index contributed by atoms with van der Waals surface area (Å²) >= 11 is 0. The lowest BCUT2D eigenvalue weighted by Gasteiger charge is -2.25. The molecule has 4 aromatic rings. The lowest BCUT2D eigenvalue weighted by Crippen LogP contribution is -2.31. The zero-order chi connectivity index (χ0) is 28.3. The van der Waals surface area contributed by atoms with Crippen molar-refractivity contribution in [1.29, 1.82) is 0 Å². The summed E-state index contributed by atoms with van der Waals surface area (Å²) in [6.07, 6.45) is 4.06. The quantitative estimate of drug-likeness (QED) is 0.235. The number of fused-ring (bicyclic) bond motifs is 1. The summed E-state index contributed by atoms with van der Waals surface area (Å²) in [5.41, 5.74) is 7.42. The lowest BCUT2D eigenvalue weighted by atomic mass is 10.0. The SMILES string of the molecule is Cc1cc(C)nc(N2CCCN(c3ccc(NC(=O)C(=O)c4c(-c5ccccc5)cc5n4CCCC5)cc3)CC2)c1.